The van der Waals surface area contributed by atoms with Crippen LogP contribution < -0.4 is 10.2 Å². The molecule has 2 N–H and O–H groups in total. The second-order valence-corrected chi connectivity index (χ2v) is 4.78. The number of rotatable bonds is 8. The number of carboxylic acids is 1. The zero-order valence-electron chi connectivity index (χ0n) is 12.0. The Morgan fingerprint density at radius 1 is 1.30 bits per heavy atom. The summed E-state index contributed by atoms with van der Waals surface area (Å²) in [5.41, 5.74) is 0.855. The molecule has 0 bridgehead atoms. The summed E-state index contributed by atoms with van der Waals surface area (Å²) in [6.07, 6.45) is 0.873. The standard InChI is InChI=1S/C15H22N2O3/c1-3-12(2)16-14(18)11-17(10-9-15(19)20)13-7-5-4-6-8-13/h4-8,12H,3,9-11H2,1-2H3,(H,16,18)(H,19,20). The van der Waals surface area contributed by atoms with Crippen molar-refractivity contribution in [2.24, 2.45) is 0 Å². The molecule has 0 aliphatic heterocycles. The van der Waals surface area contributed by atoms with Crippen LogP contribution in [0.5, 0.6) is 0 Å². The van der Waals surface area contributed by atoms with Crippen LogP contribution in [0.3, 0.4) is 0 Å². The topological polar surface area (TPSA) is 69.6 Å². The molecule has 5 heteroatoms. The summed E-state index contributed by atoms with van der Waals surface area (Å²) in [7, 11) is 0. The summed E-state index contributed by atoms with van der Waals surface area (Å²) >= 11 is 0. The van der Waals surface area contributed by atoms with Crippen LogP contribution in [0.25, 0.3) is 0 Å². The molecule has 0 heterocycles. The van der Waals surface area contributed by atoms with E-state index < -0.39 is 5.97 Å². The first kappa shape index (κ1) is 16.0. The third kappa shape index (κ3) is 5.73. The summed E-state index contributed by atoms with van der Waals surface area (Å²) in [4.78, 5) is 24.4. The highest BCUT2D eigenvalue weighted by Crippen LogP contribution is 2.13. The van der Waals surface area contributed by atoms with E-state index in [1.165, 1.54) is 0 Å². The lowest BCUT2D eigenvalue weighted by Gasteiger charge is -2.24. The number of carbonyl (C=O) groups is 2. The zero-order chi connectivity index (χ0) is 15.0. The minimum absolute atomic E-state index is 0.00546. The summed E-state index contributed by atoms with van der Waals surface area (Å²) < 4.78 is 0. The SMILES string of the molecule is CCC(C)NC(=O)CN(CCC(=O)O)c1ccccc1. The Labute approximate surface area is 119 Å². The number of benzene rings is 1. The first-order valence-electron chi connectivity index (χ1n) is 6.84. The lowest BCUT2D eigenvalue weighted by atomic mass is 10.2. The van der Waals surface area contributed by atoms with Gasteiger partial charge < -0.3 is 15.3 Å². The van der Waals surface area contributed by atoms with Crippen molar-refractivity contribution in [1.29, 1.82) is 0 Å². The van der Waals surface area contributed by atoms with Gasteiger partial charge in [-0.2, -0.15) is 0 Å². The molecular weight excluding hydrogens is 256 g/mol. The molecule has 1 aromatic rings. The summed E-state index contributed by atoms with van der Waals surface area (Å²) in [6.45, 7) is 4.43. The number of nitrogens with one attached hydrogen (secondary N) is 1. The van der Waals surface area contributed by atoms with Crippen molar-refractivity contribution < 1.29 is 14.7 Å². The average molecular weight is 278 g/mol. The van der Waals surface area contributed by atoms with Crippen molar-refractivity contribution in [3.8, 4) is 0 Å². The van der Waals surface area contributed by atoms with Gasteiger partial charge in [0.2, 0.25) is 5.91 Å². The highest BCUT2D eigenvalue weighted by atomic mass is 16.4. The lowest BCUT2D eigenvalue weighted by molar-refractivity contribution is -0.136. The number of hydrogen-bond acceptors (Lipinski definition) is 3. The van der Waals surface area contributed by atoms with Crippen LogP contribution >= 0.6 is 0 Å². The number of nitrogens with zero attached hydrogens (tertiary/aromatic N) is 1. The Morgan fingerprint density at radius 2 is 1.95 bits per heavy atom. The Morgan fingerprint density at radius 3 is 2.50 bits per heavy atom. The second kappa shape index (κ2) is 8.19. The first-order chi connectivity index (χ1) is 9.52. The Balaban J connectivity index is 2.68. The van der Waals surface area contributed by atoms with Gasteiger partial charge in [-0.15, -0.1) is 0 Å². The van der Waals surface area contributed by atoms with Gasteiger partial charge in [0.15, 0.2) is 0 Å². The minimum atomic E-state index is -0.867. The minimum Gasteiger partial charge on any atom is -0.481 e. The fourth-order valence-corrected chi connectivity index (χ4v) is 1.76. The molecule has 1 unspecified atom stereocenters. The maximum atomic E-state index is 11.9. The number of hydrogen-bond donors (Lipinski definition) is 2. The summed E-state index contributed by atoms with van der Waals surface area (Å²) in [5, 5.41) is 11.7. The van der Waals surface area contributed by atoms with Crippen molar-refractivity contribution in [3.05, 3.63) is 30.3 Å². The molecule has 1 amide bonds. The van der Waals surface area contributed by atoms with E-state index in [-0.39, 0.29) is 24.9 Å². The molecule has 0 fully saturated rings. The van der Waals surface area contributed by atoms with E-state index in [4.69, 9.17) is 5.11 Å². The van der Waals surface area contributed by atoms with E-state index in [0.29, 0.717) is 6.54 Å². The Bertz CT molecular complexity index is 434. The molecule has 0 radical (unpaired) electrons. The lowest BCUT2D eigenvalue weighted by Crippen LogP contribution is -2.41. The van der Waals surface area contributed by atoms with Gasteiger partial charge in [0.25, 0.3) is 0 Å². The van der Waals surface area contributed by atoms with Crippen LogP contribution in [0, 0.1) is 0 Å². The fourth-order valence-electron chi connectivity index (χ4n) is 1.76. The van der Waals surface area contributed by atoms with Crippen LogP contribution in [0.1, 0.15) is 26.7 Å². The van der Waals surface area contributed by atoms with Crippen LogP contribution in [0.2, 0.25) is 0 Å². The van der Waals surface area contributed by atoms with Gasteiger partial charge in [-0.1, -0.05) is 25.1 Å². The van der Waals surface area contributed by atoms with Crippen molar-refractivity contribution in [1.82, 2.24) is 5.32 Å². The Hall–Kier alpha value is -2.04. The van der Waals surface area contributed by atoms with Gasteiger partial charge in [-0.25, -0.2) is 0 Å². The molecule has 1 atom stereocenters. The predicted molar refractivity (Wildman–Crippen MR) is 78.8 cm³/mol. The highest BCUT2D eigenvalue weighted by Gasteiger charge is 2.14. The van der Waals surface area contributed by atoms with Crippen LogP contribution in [-0.4, -0.2) is 36.1 Å². The molecule has 1 rings (SSSR count). The number of carboxylic acid groups (broad SMARTS) is 1. The maximum absolute atomic E-state index is 11.9. The molecule has 0 aliphatic rings. The van der Waals surface area contributed by atoms with Crippen molar-refractivity contribution in [2.75, 3.05) is 18.0 Å². The van der Waals surface area contributed by atoms with Crippen LogP contribution in [-0.2, 0) is 9.59 Å². The number of carbonyl (C=O) groups excluding carboxylic acids is 1. The maximum Gasteiger partial charge on any atom is 0.305 e. The van der Waals surface area contributed by atoms with E-state index in [1.54, 1.807) is 4.90 Å². The quantitative estimate of drug-likeness (QED) is 0.762. The Kier molecular flexibility index (Phi) is 6.56. The van der Waals surface area contributed by atoms with Gasteiger partial charge in [0, 0.05) is 18.3 Å². The van der Waals surface area contributed by atoms with Crippen molar-refractivity contribution in [2.45, 2.75) is 32.7 Å². The molecule has 1 aromatic carbocycles. The predicted octanol–water partition coefficient (Wildman–Crippen LogP) is 1.88. The van der Waals surface area contributed by atoms with Crippen LogP contribution in [0.15, 0.2) is 30.3 Å². The van der Waals surface area contributed by atoms with Gasteiger partial charge in [-0.05, 0) is 25.5 Å². The van der Waals surface area contributed by atoms with Gasteiger partial charge >= 0.3 is 5.97 Å². The van der Waals surface area contributed by atoms with Gasteiger partial charge in [-0.3, -0.25) is 9.59 Å². The molecule has 110 valence electrons. The second-order valence-electron chi connectivity index (χ2n) is 4.78. The zero-order valence-corrected chi connectivity index (χ0v) is 12.0. The number of para-hydroxylation sites is 1. The average Bonchev–Trinajstić information content (AvgIpc) is 2.44. The normalized spacial score (nSPS) is 11.7. The van der Waals surface area contributed by atoms with Crippen LogP contribution in [0.4, 0.5) is 5.69 Å². The summed E-state index contributed by atoms with van der Waals surface area (Å²) in [6, 6.07) is 9.50. The fraction of sp³-hybridized carbons (Fsp3) is 0.467. The first-order valence-corrected chi connectivity index (χ1v) is 6.84. The molecule has 0 saturated carbocycles. The monoisotopic (exact) mass is 278 g/mol. The molecular formula is C15H22N2O3. The van der Waals surface area contributed by atoms with E-state index in [0.717, 1.165) is 12.1 Å². The largest absolute Gasteiger partial charge is 0.481 e. The molecule has 0 spiro atoms. The number of aliphatic carboxylic acids is 1. The van der Waals surface area contributed by atoms with Crippen molar-refractivity contribution in [3.63, 3.8) is 0 Å². The van der Waals surface area contributed by atoms with Gasteiger partial charge in [0.1, 0.15) is 0 Å². The molecule has 0 aliphatic carbocycles. The van der Waals surface area contributed by atoms with E-state index in [9.17, 15) is 9.59 Å². The summed E-state index contributed by atoms with van der Waals surface area (Å²) in [5.74, 6) is -0.957. The van der Waals surface area contributed by atoms with E-state index >= 15 is 0 Å². The third-order valence-electron chi connectivity index (χ3n) is 3.07. The number of anilines is 1. The molecule has 0 aromatic heterocycles. The molecule has 0 saturated heterocycles. The van der Waals surface area contributed by atoms with E-state index in [2.05, 4.69) is 5.32 Å². The van der Waals surface area contributed by atoms with Gasteiger partial charge in [0.05, 0.1) is 13.0 Å². The molecule has 5 nitrogen and oxygen atoms in total. The molecule has 20 heavy (non-hydrogen) atoms. The smallest absolute Gasteiger partial charge is 0.305 e. The highest BCUT2D eigenvalue weighted by molar-refractivity contribution is 5.81. The van der Waals surface area contributed by atoms with E-state index in [1.807, 2.05) is 44.2 Å². The third-order valence-corrected chi connectivity index (χ3v) is 3.07. The van der Waals surface area contributed by atoms with Crippen molar-refractivity contribution >= 4 is 17.6 Å². The number of amides is 1.